The number of rotatable bonds is 11. The number of sulfonamides is 1. The Morgan fingerprint density at radius 3 is 2.42 bits per heavy atom. The lowest BCUT2D eigenvalue weighted by Crippen LogP contribution is -2.68. The van der Waals surface area contributed by atoms with Crippen LogP contribution in [-0.4, -0.2) is 57.8 Å². The molecule has 1 amide bonds. The average Bonchev–Trinajstić information content (AvgIpc) is 3.25. The molecule has 2 heterocycles. The molecule has 13 heteroatoms. The second-order valence-corrected chi connectivity index (χ2v) is 13.1. The molecule has 0 radical (unpaired) electrons. The van der Waals surface area contributed by atoms with Crippen LogP contribution in [0, 0.1) is 10.1 Å². The summed E-state index contributed by atoms with van der Waals surface area (Å²) in [6.45, 7) is 2.06. The van der Waals surface area contributed by atoms with Gasteiger partial charge in [0.25, 0.3) is 11.6 Å². The summed E-state index contributed by atoms with van der Waals surface area (Å²) >= 11 is 0. The van der Waals surface area contributed by atoms with E-state index in [2.05, 4.69) is 16.1 Å². The van der Waals surface area contributed by atoms with Crippen molar-refractivity contribution in [2.75, 3.05) is 32.5 Å². The zero-order chi connectivity index (χ0) is 29.8. The summed E-state index contributed by atoms with van der Waals surface area (Å²) in [5.41, 5.74) is 5.49. The number of hydrogen-bond acceptors (Lipinski definition) is 8. The molecule has 5 rings (SSSR count). The van der Waals surface area contributed by atoms with Crippen LogP contribution in [0.15, 0.2) is 78.9 Å². The summed E-state index contributed by atoms with van der Waals surface area (Å²) in [6, 6.07) is 22.2. The van der Waals surface area contributed by atoms with Gasteiger partial charge in [-0.25, -0.2) is 0 Å². The Kier molecular flexibility index (Phi) is 10.2. The van der Waals surface area contributed by atoms with Gasteiger partial charge in [0.05, 0.1) is 29.8 Å². The number of amides is 1. The van der Waals surface area contributed by atoms with Gasteiger partial charge < -0.3 is 10.1 Å². The third-order valence-electron chi connectivity index (χ3n) is 8.19. The third-order valence-corrected chi connectivity index (χ3v) is 9.74. The van der Waals surface area contributed by atoms with Gasteiger partial charge in [0.1, 0.15) is 12.6 Å². The molecule has 11 nitrogen and oxygen atoms in total. The second-order valence-electron chi connectivity index (χ2n) is 11.0. The van der Waals surface area contributed by atoms with E-state index in [1.807, 2.05) is 42.5 Å². The molecule has 43 heavy (non-hydrogen) atoms. The summed E-state index contributed by atoms with van der Waals surface area (Å²) in [6.07, 6.45) is 2.66. The fraction of sp³-hybridized carbons (Fsp3) is 0.367. The molecule has 1 spiro atoms. The Bertz CT molecular complexity index is 1550. The van der Waals surface area contributed by atoms with Crippen molar-refractivity contribution in [1.29, 1.82) is 0 Å². The van der Waals surface area contributed by atoms with Crippen LogP contribution >= 0.6 is 12.4 Å². The van der Waals surface area contributed by atoms with Gasteiger partial charge in [-0.15, -0.1) is 12.4 Å². The molecule has 0 saturated carbocycles. The monoisotopic (exact) mass is 630 g/mol. The molecule has 3 aromatic carbocycles. The fourth-order valence-electron chi connectivity index (χ4n) is 6.02. The van der Waals surface area contributed by atoms with Crippen molar-refractivity contribution >= 4 is 39.7 Å². The molecular formula is C30H37ClN5O6S+. The zero-order valence-electron chi connectivity index (χ0n) is 23.9. The molecular weight excluding hydrogens is 594 g/mol. The van der Waals surface area contributed by atoms with Crippen LogP contribution in [-0.2, 0) is 38.1 Å². The third kappa shape index (κ3) is 6.90. The highest BCUT2D eigenvalue weighted by Crippen LogP contribution is 2.50. The lowest BCUT2D eigenvalue weighted by Gasteiger charge is -2.36. The zero-order valence-corrected chi connectivity index (χ0v) is 25.5. The van der Waals surface area contributed by atoms with Crippen molar-refractivity contribution in [1.82, 2.24) is 20.1 Å². The number of benzene rings is 3. The highest BCUT2D eigenvalue weighted by molar-refractivity contribution is 7.90. The van der Waals surface area contributed by atoms with Crippen molar-refractivity contribution in [2.24, 2.45) is 0 Å². The van der Waals surface area contributed by atoms with Crippen molar-refractivity contribution in [3.8, 4) is 0 Å². The predicted octanol–water partition coefficient (Wildman–Crippen LogP) is 3.32. The number of nitrogens with one attached hydrogen (secondary N) is 3. The number of piperidine rings is 1. The van der Waals surface area contributed by atoms with E-state index in [1.54, 1.807) is 24.3 Å². The van der Waals surface area contributed by atoms with Crippen LogP contribution in [0.5, 0.6) is 0 Å². The maximum Gasteiger partial charge on any atom is 0.321 e. The SMILES string of the molecule is CS(=O)(=O)[N+]1(NC(=O)C(COCc2ccccc2)NCc2cccc([N+](=O)[O-])c2)CC2(CCNCC2)c2ccccc21.Cl. The van der Waals surface area contributed by atoms with Crippen LogP contribution in [0.1, 0.15) is 29.5 Å². The summed E-state index contributed by atoms with van der Waals surface area (Å²) in [4.78, 5) is 24.8. The number of non-ortho nitro benzene ring substituents is 1. The van der Waals surface area contributed by atoms with Gasteiger partial charge in [0.2, 0.25) is 0 Å². The summed E-state index contributed by atoms with van der Waals surface area (Å²) < 4.78 is 32.5. The quantitative estimate of drug-likeness (QED) is 0.167. The van der Waals surface area contributed by atoms with E-state index in [4.69, 9.17) is 4.74 Å². The van der Waals surface area contributed by atoms with Crippen LogP contribution in [0.2, 0.25) is 0 Å². The molecule has 2 unspecified atom stereocenters. The number of quaternary nitrogens is 1. The van der Waals surface area contributed by atoms with Gasteiger partial charge in [-0.1, -0.05) is 64.7 Å². The molecule has 2 aliphatic rings. The molecule has 1 fully saturated rings. The number of nitro benzene ring substituents is 1. The molecule has 230 valence electrons. The van der Waals surface area contributed by atoms with E-state index < -0.39 is 36.3 Å². The highest BCUT2D eigenvalue weighted by atomic mass is 35.5. The Balaban J connectivity index is 0.00000423. The largest absolute Gasteiger partial charge is 0.375 e. The summed E-state index contributed by atoms with van der Waals surface area (Å²) in [7, 11) is -3.89. The molecule has 3 N–H and O–H groups in total. The number of carbonyl (C=O) groups excluding carboxylic acids is 1. The predicted molar refractivity (Wildman–Crippen MR) is 167 cm³/mol. The minimum absolute atomic E-state index is 0. The van der Waals surface area contributed by atoms with E-state index >= 15 is 0 Å². The number of fused-ring (bicyclic) bond motifs is 2. The first-order valence-electron chi connectivity index (χ1n) is 13.9. The van der Waals surface area contributed by atoms with Crippen molar-refractivity contribution in [2.45, 2.75) is 37.5 Å². The van der Waals surface area contributed by atoms with E-state index in [0.717, 1.165) is 43.3 Å². The average molecular weight is 631 g/mol. The molecule has 0 aromatic heterocycles. The molecule has 0 aliphatic carbocycles. The Morgan fingerprint density at radius 1 is 1.05 bits per heavy atom. The van der Waals surface area contributed by atoms with E-state index in [-0.39, 0.29) is 44.4 Å². The van der Waals surface area contributed by atoms with E-state index in [1.165, 1.54) is 12.1 Å². The van der Waals surface area contributed by atoms with Crippen molar-refractivity contribution in [3.63, 3.8) is 0 Å². The topological polar surface area (TPSA) is 140 Å². The van der Waals surface area contributed by atoms with Gasteiger partial charge in [0.15, 0.2) is 5.69 Å². The van der Waals surface area contributed by atoms with Crippen molar-refractivity contribution in [3.05, 3.63) is 106 Å². The Hall–Kier alpha value is -3.39. The van der Waals surface area contributed by atoms with E-state index in [0.29, 0.717) is 11.3 Å². The number of carbonyl (C=O) groups is 1. The normalized spacial score (nSPS) is 19.7. The molecule has 2 aliphatic heterocycles. The van der Waals surface area contributed by atoms with Gasteiger partial charge in [-0.3, -0.25) is 20.2 Å². The first-order valence-corrected chi connectivity index (χ1v) is 15.8. The number of halogens is 1. The van der Waals surface area contributed by atoms with E-state index in [9.17, 15) is 23.3 Å². The smallest absolute Gasteiger partial charge is 0.321 e. The fourth-order valence-corrected chi connectivity index (χ4v) is 7.27. The second kappa shape index (κ2) is 13.5. The molecule has 2 atom stereocenters. The Morgan fingerprint density at radius 2 is 1.72 bits per heavy atom. The maximum absolute atomic E-state index is 14.0. The first-order chi connectivity index (χ1) is 20.1. The number of ether oxygens (including phenoxy) is 1. The lowest BCUT2D eigenvalue weighted by atomic mass is 9.75. The minimum atomic E-state index is -3.89. The molecule has 3 aromatic rings. The van der Waals surface area contributed by atoms with Crippen LogP contribution in [0.3, 0.4) is 0 Å². The standard InChI is InChI=1S/C30H35N5O6S.ClH/c1-42(39,40)35(22-30(14-16-31-17-15-30)26-12-5-6-13-28(26)35)33-29(36)27(21-41-20-23-8-3-2-4-9-23)32-19-24-10-7-11-25(18-24)34(37)38;/h2-13,18,27,31-32H,14-17,19-22H2,1H3;1H/p+1. The molecule has 1 saturated heterocycles. The van der Waals surface area contributed by atoms with Gasteiger partial charge in [-0.2, -0.15) is 13.8 Å². The maximum atomic E-state index is 14.0. The number of nitrogens with zero attached hydrogens (tertiary/aromatic N) is 2. The molecule has 0 bridgehead atoms. The van der Waals surface area contributed by atoms with Crippen LogP contribution in [0.4, 0.5) is 11.4 Å². The number of para-hydroxylation sites is 1. The summed E-state index contributed by atoms with van der Waals surface area (Å²) in [5.74, 6) is -0.542. The van der Waals surface area contributed by atoms with Crippen LogP contribution in [0.25, 0.3) is 0 Å². The van der Waals surface area contributed by atoms with Gasteiger partial charge in [0, 0.05) is 30.3 Å². The number of nitro groups is 1. The lowest BCUT2D eigenvalue weighted by molar-refractivity contribution is -0.384. The first kappa shape index (κ1) is 32.5. The Labute approximate surface area is 257 Å². The van der Waals surface area contributed by atoms with Gasteiger partial charge >= 0.3 is 10.0 Å². The number of hydrogen-bond donors (Lipinski definition) is 3. The van der Waals surface area contributed by atoms with Gasteiger partial charge in [-0.05, 0) is 37.1 Å². The minimum Gasteiger partial charge on any atom is -0.375 e. The summed E-state index contributed by atoms with van der Waals surface area (Å²) in [5, 5.41) is 17.8. The highest BCUT2D eigenvalue weighted by Gasteiger charge is 2.60. The van der Waals surface area contributed by atoms with Crippen LogP contribution < -0.4 is 20.1 Å². The van der Waals surface area contributed by atoms with Crippen molar-refractivity contribution < 1.29 is 22.9 Å².